The molecule has 0 unspecified atom stereocenters. The van der Waals surface area contributed by atoms with Crippen LogP contribution in [-0.2, 0) is 32.3 Å². The molecule has 3 aromatic carbocycles. The summed E-state index contributed by atoms with van der Waals surface area (Å²) in [6, 6.07) is 23.8. The molecule has 1 aliphatic heterocycles. The van der Waals surface area contributed by atoms with E-state index < -0.39 is 5.54 Å². The molecule has 36 heavy (non-hydrogen) atoms. The van der Waals surface area contributed by atoms with E-state index in [1.807, 2.05) is 67.4 Å². The fraction of sp³-hybridized carbons (Fsp3) is 0.400. The summed E-state index contributed by atoms with van der Waals surface area (Å²) in [5.41, 5.74) is 1.17. The van der Waals surface area contributed by atoms with E-state index in [0.29, 0.717) is 26.0 Å². The molecule has 0 radical (unpaired) electrons. The monoisotopic (exact) mass is 486 g/mol. The summed E-state index contributed by atoms with van der Waals surface area (Å²) in [5, 5.41) is 5.47. The number of nitrogens with one attached hydrogen (secondary N) is 1. The fourth-order valence-electron chi connectivity index (χ4n) is 5.44. The Morgan fingerprint density at radius 2 is 1.75 bits per heavy atom. The number of likely N-dealkylation sites (N-methyl/N-ethyl adjacent to an activating group) is 1. The molecule has 0 spiro atoms. The molecular weight excluding hydrogens is 452 g/mol. The molecule has 1 N–H and O–H groups in total. The predicted molar refractivity (Wildman–Crippen MR) is 139 cm³/mol. The van der Waals surface area contributed by atoms with E-state index in [2.05, 4.69) is 29.6 Å². The van der Waals surface area contributed by atoms with Crippen LogP contribution in [-0.4, -0.2) is 48.1 Å². The number of fused-ring (bicyclic) bond motifs is 1. The van der Waals surface area contributed by atoms with Crippen molar-refractivity contribution in [1.82, 2.24) is 10.2 Å². The van der Waals surface area contributed by atoms with Crippen molar-refractivity contribution in [3.63, 3.8) is 0 Å². The van der Waals surface area contributed by atoms with Crippen LogP contribution in [0.3, 0.4) is 0 Å². The minimum Gasteiger partial charge on any atom is -0.459 e. The third-order valence-corrected chi connectivity index (χ3v) is 7.69. The number of carbonyl (C=O) groups is 2. The lowest BCUT2D eigenvalue weighted by atomic mass is 10.1. The van der Waals surface area contributed by atoms with E-state index in [1.165, 1.54) is 10.8 Å². The zero-order chi connectivity index (χ0) is 25.1. The van der Waals surface area contributed by atoms with Gasteiger partial charge in [-0.15, -0.1) is 0 Å². The maximum absolute atomic E-state index is 13.3. The van der Waals surface area contributed by atoms with Gasteiger partial charge in [0.15, 0.2) is 0 Å². The molecule has 1 heterocycles. The first-order chi connectivity index (χ1) is 17.5. The first kappa shape index (κ1) is 24.5. The van der Waals surface area contributed by atoms with Crippen LogP contribution in [0.2, 0.25) is 0 Å². The second-order valence-electron chi connectivity index (χ2n) is 10.1. The van der Waals surface area contributed by atoms with Crippen LogP contribution in [0.15, 0.2) is 72.8 Å². The van der Waals surface area contributed by atoms with E-state index >= 15 is 0 Å². The standard InChI is InChI=1S/C30H34N2O4/c1-3-24-17-30(24,29(34)36-19-21-10-5-4-6-11-21)31-28(33)27-16-25(18-32(27)2)35-20-23-14-9-13-22-12-7-8-15-26(22)23/h4-15,24-25,27H,3,16-20H2,1-2H3,(H,31,33)/t24-,25+,27-,30+/m0/s1. The third kappa shape index (κ3) is 5.01. The van der Waals surface area contributed by atoms with Gasteiger partial charge in [-0.25, -0.2) is 4.79 Å². The lowest BCUT2D eigenvalue weighted by Gasteiger charge is -2.23. The second kappa shape index (κ2) is 10.4. The second-order valence-corrected chi connectivity index (χ2v) is 10.1. The van der Waals surface area contributed by atoms with Gasteiger partial charge >= 0.3 is 5.97 Å². The number of carbonyl (C=O) groups excluding carboxylic acids is 2. The molecule has 6 heteroatoms. The van der Waals surface area contributed by atoms with Gasteiger partial charge in [-0.05, 0) is 47.7 Å². The fourth-order valence-corrected chi connectivity index (χ4v) is 5.44. The smallest absolute Gasteiger partial charge is 0.332 e. The summed E-state index contributed by atoms with van der Waals surface area (Å²) in [7, 11) is 1.94. The highest BCUT2D eigenvalue weighted by Crippen LogP contribution is 2.47. The van der Waals surface area contributed by atoms with Gasteiger partial charge in [-0.1, -0.05) is 86.1 Å². The molecule has 1 saturated carbocycles. The van der Waals surface area contributed by atoms with Gasteiger partial charge in [-0.3, -0.25) is 9.69 Å². The molecule has 0 aromatic heterocycles. The summed E-state index contributed by atoms with van der Waals surface area (Å²) in [4.78, 5) is 28.4. The molecule has 188 valence electrons. The van der Waals surface area contributed by atoms with Crippen LogP contribution in [0, 0.1) is 5.92 Å². The van der Waals surface area contributed by atoms with E-state index in [0.717, 1.165) is 17.5 Å². The Labute approximate surface area is 212 Å². The first-order valence-corrected chi connectivity index (χ1v) is 12.8. The average Bonchev–Trinajstić information content (AvgIpc) is 3.50. The van der Waals surface area contributed by atoms with Crippen molar-refractivity contribution in [1.29, 1.82) is 0 Å². The number of likely N-dealkylation sites (tertiary alicyclic amines) is 1. The van der Waals surface area contributed by atoms with Crippen molar-refractivity contribution in [2.75, 3.05) is 13.6 Å². The van der Waals surface area contributed by atoms with Crippen molar-refractivity contribution < 1.29 is 19.1 Å². The predicted octanol–water partition coefficient (Wildman–Crippen LogP) is 4.46. The summed E-state index contributed by atoms with van der Waals surface area (Å²) in [5.74, 6) is -0.354. The van der Waals surface area contributed by atoms with Crippen molar-refractivity contribution in [2.45, 2.75) is 57.1 Å². The van der Waals surface area contributed by atoms with E-state index in [9.17, 15) is 9.59 Å². The lowest BCUT2D eigenvalue weighted by Crippen LogP contribution is -2.51. The van der Waals surface area contributed by atoms with Crippen LogP contribution in [0.25, 0.3) is 10.8 Å². The Morgan fingerprint density at radius 3 is 2.53 bits per heavy atom. The number of amides is 1. The van der Waals surface area contributed by atoms with Crippen molar-refractivity contribution >= 4 is 22.6 Å². The van der Waals surface area contributed by atoms with Gasteiger partial charge in [0, 0.05) is 6.54 Å². The van der Waals surface area contributed by atoms with Gasteiger partial charge in [0.25, 0.3) is 0 Å². The SMILES string of the molecule is CC[C@H]1C[C@]1(NC(=O)[C@@H]1C[C@@H](OCc2cccc3ccccc23)CN1C)C(=O)OCc1ccccc1. The van der Waals surface area contributed by atoms with E-state index in [4.69, 9.17) is 9.47 Å². The Bertz CT molecular complexity index is 1220. The normalized spacial score (nSPS) is 25.6. The number of hydrogen-bond donors (Lipinski definition) is 1. The molecule has 1 aliphatic carbocycles. The summed E-state index contributed by atoms with van der Waals surface area (Å²) in [6.45, 7) is 3.43. The van der Waals surface area contributed by atoms with Crippen molar-refractivity contribution in [3.05, 3.63) is 83.9 Å². The lowest BCUT2D eigenvalue weighted by molar-refractivity contribution is -0.151. The van der Waals surface area contributed by atoms with E-state index in [-0.39, 0.29) is 36.5 Å². The zero-order valence-electron chi connectivity index (χ0n) is 21.0. The number of hydrogen-bond acceptors (Lipinski definition) is 5. The number of rotatable bonds is 9. The van der Waals surface area contributed by atoms with E-state index in [1.54, 1.807) is 0 Å². The Morgan fingerprint density at radius 1 is 1.00 bits per heavy atom. The summed E-state index contributed by atoms with van der Waals surface area (Å²) < 4.78 is 11.9. The van der Waals surface area contributed by atoms with Crippen LogP contribution >= 0.6 is 0 Å². The highest BCUT2D eigenvalue weighted by atomic mass is 16.5. The summed E-state index contributed by atoms with van der Waals surface area (Å²) >= 11 is 0. The molecule has 1 amide bonds. The molecular formula is C30H34N2O4. The maximum Gasteiger partial charge on any atom is 0.332 e. The Balaban J connectivity index is 1.18. The van der Waals surface area contributed by atoms with Gasteiger partial charge in [0.2, 0.25) is 5.91 Å². The third-order valence-electron chi connectivity index (χ3n) is 7.69. The Hall–Kier alpha value is -3.22. The molecule has 2 fully saturated rings. The van der Waals surface area contributed by atoms with Crippen molar-refractivity contribution in [2.24, 2.45) is 5.92 Å². The molecule has 0 bridgehead atoms. The Kier molecular flexibility index (Phi) is 7.08. The maximum atomic E-state index is 13.3. The summed E-state index contributed by atoms with van der Waals surface area (Å²) in [6.07, 6.45) is 1.99. The topological polar surface area (TPSA) is 67.9 Å². The molecule has 3 aromatic rings. The first-order valence-electron chi connectivity index (χ1n) is 12.8. The number of nitrogens with zero attached hydrogens (tertiary/aromatic N) is 1. The minimum atomic E-state index is -0.913. The molecule has 5 rings (SSSR count). The highest BCUT2D eigenvalue weighted by molar-refractivity contribution is 5.93. The van der Waals surface area contributed by atoms with Crippen LogP contribution in [0.5, 0.6) is 0 Å². The molecule has 4 atom stereocenters. The molecule has 6 nitrogen and oxygen atoms in total. The van der Waals surface area contributed by atoms with Gasteiger partial charge in [-0.2, -0.15) is 0 Å². The zero-order valence-corrected chi connectivity index (χ0v) is 21.0. The number of ether oxygens (including phenoxy) is 2. The van der Waals surface area contributed by atoms with Crippen LogP contribution < -0.4 is 5.32 Å². The molecule has 2 aliphatic rings. The van der Waals surface area contributed by atoms with Gasteiger partial charge < -0.3 is 14.8 Å². The van der Waals surface area contributed by atoms with Gasteiger partial charge in [0.05, 0.1) is 18.8 Å². The molecule has 1 saturated heterocycles. The van der Waals surface area contributed by atoms with Gasteiger partial charge in [0.1, 0.15) is 12.1 Å². The number of esters is 1. The van der Waals surface area contributed by atoms with Crippen LogP contribution in [0.4, 0.5) is 0 Å². The largest absolute Gasteiger partial charge is 0.459 e. The highest BCUT2D eigenvalue weighted by Gasteiger charge is 2.62. The average molecular weight is 487 g/mol. The van der Waals surface area contributed by atoms with Crippen LogP contribution in [0.1, 0.15) is 37.3 Å². The minimum absolute atomic E-state index is 0.0492. The van der Waals surface area contributed by atoms with Crippen molar-refractivity contribution in [3.8, 4) is 0 Å². The number of benzene rings is 3. The quantitative estimate of drug-likeness (QED) is 0.453.